The Morgan fingerprint density at radius 2 is 1.18 bits per heavy atom. The van der Waals surface area contributed by atoms with Gasteiger partial charge in [0.15, 0.2) is 0 Å². The molecule has 4 aromatic rings. The molecule has 1 N–H and O–H groups in total. The number of halogens is 1. The summed E-state index contributed by atoms with van der Waals surface area (Å²) in [7, 11) is 3.29. The summed E-state index contributed by atoms with van der Waals surface area (Å²) in [6.07, 6.45) is 0. The number of aliphatic carboxylic acids is 1. The van der Waals surface area contributed by atoms with Crippen LogP contribution in [0, 0.1) is 11.3 Å². The van der Waals surface area contributed by atoms with Crippen molar-refractivity contribution < 1.29 is 19.4 Å². The molecular formula is C28H28ClNO4. The maximum atomic E-state index is 10.9. The Bertz CT molecular complexity index is 1330. The number of methoxy groups -OCH3 is 2. The van der Waals surface area contributed by atoms with E-state index in [1.165, 1.54) is 0 Å². The molecule has 6 heteroatoms. The van der Waals surface area contributed by atoms with Crippen LogP contribution in [0.5, 0.6) is 11.5 Å². The van der Waals surface area contributed by atoms with Gasteiger partial charge in [0, 0.05) is 0 Å². The molecule has 0 radical (unpaired) electrons. The largest absolute Gasteiger partial charge is 0.497 e. The molecule has 34 heavy (non-hydrogen) atoms. The van der Waals surface area contributed by atoms with Crippen LogP contribution < -0.4 is 9.47 Å². The van der Waals surface area contributed by atoms with Crippen molar-refractivity contribution in [3.63, 3.8) is 0 Å². The molecule has 0 aliphatic carbocycles. The number of carboxylic acids is 1. The zero-order valence-electron chi connectivity index (χ0n) is 19.6. The van der Waals surface area contributed by atoms with E-state index in [9.17, 15) is 4.79 Å². The van der Waals surface area contributed by atoms with E-state index in [0.29, 0.717) is 0 Å². The first kappa shape index (κ1) is 26.5. The number of carbonyl (C=O) groups is 1. The Morgan fingerprint density at radius 1 is 0.765 bits per heavy atom. The van der Waals surface area contributed by atoms with Crippen molar-refractivity contribution in [2.24, 2.45) is 0 Å². The van der Waals surface area contributed by atoms with E-state index >= 15 is 0 Å². The van der Waals surface area contributed by atoms with Crippen molar-refractivity contribution in [1.82, 2.24) is 0 Å². The van der Waals surface area contributed by atoms with Crippen LogP contribution in [0.1, 0.15) is 36.8 Å². The van der Waals surface area contributed by atoms with Gasteiger partial charge < -0.3 is 14.6 Å². The Morgan fingerprint density at radius 3 is 1.62 bits per heavy atom. The van der Waals surface area contributed by atoms with Crippen LogP contribution >= 0.6 is 12.4 Å². The molecular weight excluding hydrogens is 450 g/mol. The number of nitriles is 1. The number of rotatable bonds is 5. The summed E-state index contributed by atoms with van der Waals surface area (Å²) in [4.78, 5) is 10.9. The first-order valence-corrected chi connectivity index (χ1v) is 10.6. The van der Waals surface area contributed by atoms with Gasteiger partial charge in [-0.25, -0.2) is 0 Å². The summed E-state index contributed by atoms with van der Waals surface area (Å²) in [5, 5.41) is 22.2. The molecule has 0 aliphatic heterocycles. The van der Waals surface area contributed by atoms with E-state index in [1.807, 2.05) is 73.7 Å². The second-order valence-corrected chi connectivity index (χ2v) is 7.86. The van der Waals surface area contributed by atoms with E-state index in [2.05, 4.69) is 12.1 Å². The van der Waals surface area contributed by atoms with Gasteiger partial charge in [0.2, 0.25) is 0 Å². The van der Waals surface area contributed by atoms with Crippen LogP contribution in [0.3, 0.4) is 0 Å². The first-order chi connectivity index (χ1) is 15.9. The third-order valence-electron chi connectivity index (χ3n) is 5.71. The number of hydrogen-bond acceptors (Lipinski definition) is 4. The smallest absolute Gasteiger partial charge is 0.310 e. The molecule has 0 amide bonds. The van der Waals surface area contributed by atoms with Gasteiger partial charge in [-0.1, -0.05) is 42.5 Å². The summed E-state index contributed by atoms with van der Waals surface area (Å²) in [5.74, 6) is 0.302. The average molecular weight is 478 g/mol. The molecule has 0 spiro atoms. The van der Waals surface area contributed by atoms with Crippen LogP contribution in [0.15, 0.2) is 72.8 Å². The van der Waals surface area contributed by atoms with Crippen LogP contribution in [-0.2, 0) is 4.79 Å². The van der Waals surface area contributed by atoms with Gasteiger partial charge in [-0.3, -0.25) is 4.79 Å². The van der Waals surface area contributed by atoms with Gasteiger partial charge >= 0.3 is 5.97 Å². The summed E-state index contributed by atoms with van der Waals surface area (Å²) in [6.45, 7) is 3.59. The number of ether oxygens (including phenoxy) is 2. The first-order valence-electron chi connectivity index (χ1n) is 10.6. The SMILES string of the molecule is COc1ccc2cc(C(C)C#N)ccc2c1.COc1ccc2cc(C(C)C(=O)O)ccc2c1.Cl. The fourth-order valence-electron chi connectivity index (χ4n) is 3.49. The third kappa shape index (κ3) is 6.18. The van der Waals surface area contributed by atoms with Gasteiger partial charge in [0.25, 0.3) is 0 Å². The van der Waals surface area contributed by atoms with E-state index in [0.717, 1.165) is 44.2 Å². The molecule has 0 bridgehead atoms. The van der Waals surface area contributed by atoms with Gasteiger partial charge in [0.05, 0.1) is 32.1 Å². The second kappa shape index (κ2) is 11.9. The standard InChI is InChI=1S/C14H13NO.C14H14O3.ClH/c1-10(9-15)11-3-4-13-8-14(16-2)6-5-12(13)7-11;1-9(14(15)16)10-3-4-12-8-13(17-2)6-5-11(12)7-10;/h3-8,10H,1-2H3;3-9H,1-2H3,(H,15,16);1H. The molecule has 0 saturated carbocycles. The highest BCUT2D eigenvalue weighted by Crippen LogP contribution is 2.26. The van der Waals surface area contributed by atoms with Gasteiger partial charge in [-0.2, -0.15) is 5.26 Å². The molecule has 2 atom stereocenters. The second-order valence-electron chi connectivity index (χ2n) is 7.86. The summed E-state index contributed by atoms with van der Waals surface area (Å²) < 4.78 is 10.3. The Labute approximate surface area is 206 Å². The van der Waals surface area contributed by atoms with Gasteiger partial charge in [0.1, 0.15) is 11.5 Å². The highest BCUT2D eigenvalue weighted by atomic mass is 35.5. The molecule has 5 nitrogen and oxygen atoms in total. The lowest BCUT2D eigenvalue weighted by Gasteiger charge is -2.08. The molecule has 0 saturated heterocycles. The molecule has 4 aromatic carbocycles. The molecule has 0 aromatic heterocycles. The molecule has 176 valence electrons. The van der Waals surface area contributed by atoms with Crippen LogP contribution in [-0.4, -0.2) is 25.3 Å². The summed E-state index contributed by atoms with van der Waals surface area (Å²) in [6, 6.07) is 25.7. The monoisotopic (exact) mass is 477 g/mol. The zero-order chi connectivity index (χ0) is 24.0. The summed E-state index contributed by atoms with van der Waals surface area (Å²) in [5.41, 5.74) is 1.87. The fraction of sp³-hybridized carbons (Fsp3) is 0.214. The van der Waals surface area contributed by atoms with Crippen molar-refractivity contribution >= 4 is 39.9 Å². The van der Waals surface area contributed by atoms with Gasteiger partial charge in [-0.05, 0) is 76.9 Å². The van der Waals surface area contributed by atoms with Crippen molar-refractivity contribution in [3.05, 3.63) is 83.9 Å². The summed E-state index contributed by atoms with van der Waals surface area (Å²) >= 11 is 0. The normalized spacial score (nSPS) is 11.9. The Balaban J connectivity index is 0.000000234. The minimum Gasteiger partial charge on any atom is -0.497 e. The Hall–Kier alpha value is -3.75. The Kier molecular flexibility index (Phi) is 9.29. The number of carboxylic acid groups (broad SMARTS) is 1. The maximum Gasteiger partial charge on any atom is 0.310 e. The fourth-order valence-corrected chi connectivity index (χ4v) is 3.49. The van der Waals surface area contributed by atoms with E-state index < -0.39 is 11.9 Å². The number of benzene rings is 4. The molecule has 0 fully saturated rings. The van der Waals surface area contributed by atoms with E-state index in [4.69, 9.17) is 19.8 Å². The molecule has 2 unspecified atom stereocenters. The molecule has 4 rings (SSSR count). The van der Waals surface area contributed by atoms with Crippen molar-refractivity contribution in [2.75, 3.05) is 14.2 Å². The number of fused-ring (bicyclic) bond motifs is 2. The molecule has 0 heterocycles. The lowest BCUT2D eigenvalue weighted by atomic mass is 9.98. The lowest BCUT2D eigenvalue weighted by Crippen LogP contribution is -2.06. The quantitative estimate of drug-likeness (QED) is 0.337. The zero-order valence-corrected chi connectivity index (χ0v) is 20.4. The number of hydrogen-bond donors (Lipinski definition) is 1. The van der Waals surface area contributed by atoms with Crippen molar-refractivity contribution in [2.45, 2.75) is 25.7 Å². The van der Waals surface area contributed by atoms with Crippen LogP contribution in [0.25, 0.3) is 21.5 Å². The van der Waals surface area contributed by atoms with E-state index in [1.54, 1.807) is 21.1 Å². The predicted octanol–water partition coefficient (Wildman–Crippen LogP) is 6.93. The topological polar surface area (TPSA) is 79.5 Å². The number of nitrogens with zero attached hydrogens (tertiary/aromatic N) is 1. The highest BCUT2D eigenvalue weighted by molar-refractivity contribution is 5.87. The average Bonchev–Trinajstić information content (AvgIpc) is 2.86. The maximum absolute atomic E-state index is 10.9. The van der Waals surface area contributed by atoms with Crippen LogP contribution in [0.2, 0.25) is 0 Å². The lowest BCUT2D eigenvalue weighted by molar-refractivity contribution is -0.138. The van der Waals surface area contributed by atoms with Crippen molar-refractivity contribution in [3.8, 4) is 17.6 Å². The minimum atomic E-state index is -0.808. The highest BCUT2D eigenvalue weighted by Gasteiger charge is 2.13. The van der Waals surface area contributed by atoms with E-state index in [-0.39, 0.29) is 18.3 Å². The third-order valence-corrected chi connectivity index (χ3v) is 5.71. The molecule has 0 aliphatic rings. The predicted molar refractivity (Wildman–Crippen MR) is 138 cm³/mol. The minimum absolute atomic E-state index is 0. The van der Waals surface area contributed by atoms with Gasteiger partial charge in [-0.15, -0.1) is 12.4 Å². The van der Waals surface area contributed by atoms with Crippen molar-refractivity contribution in [1.29, 1.82) is 5.26 Å². The van der Waals surface area contributed by atoms with Crippen LogP contribution in [0.4, 0.5) is 0 Å².